The van der Waals surface area contributed by atoms with Gasteiger partial charge in [-0.2, -0.15) is 20.6 Å². The Bertz CT molecular complexity index is 1370. The van der Waals surface area contributed by atoms with Crippen molar-refractivity contribution < 1.29 is 4.79 Å². The number of fused-ring (bicyclic) bond motifs is 3. The molecule has 31 heavy (non-hydrogen) atoms. The Morgan fingerprint density at radius 1 is 1.26 bits per heavy atom. The van der Waals surface area contributed by atoms with Gasteiger partial charge in [0.05, 0.1) is 40.9 Å². The number of pyridine rings is 1. The van der Waals surface area contributed by atoms with E-state index in [1.54, 1.807) is 22.8 Å². The summed E-state index contributed by atoms with van der Waals surface area (Å²) in [4.78, 5) is 23.1. The minimum absolute atomic E-state index is 0.191. The van der Waals surface area contributed by atoms with E-state index in [2.05, 4.69) is 44.4 Å². The molecular weight excluding hydrogens is 418 g/mol. The molecule has 0 aromatic carbocycles. The summed E-state index contributed by atoms with van der Waals surface area (Å²) in [5, 5.41) is 24.7. The molecule has 0 fully saturated rings. The molecule has 1 amide bonds. The summed E-state index contributed by atoms with van der Waals surface area (Å²) in [7, 11) is 0. The molecule has 5 rings (SSSR count). The molecule has 0 spiro atoms. The molecule has 0 aliphatic heterocycles. The highest BCUT2D eigenvalue weighted by molar-refractivity contribution is 6.32. The molecule has 1 aliphatic carbocycles. The second kappa shape index (κ2) is 6.85. The Kier molecular flexibility index (Phi) is 4.23. The van der Waals surface area contributed by atoms with Crippen molar-refractivity contribution in [1.29, 1.82) is 5.26 Å². The van der Waals surface area contributed by atoms with Crippen LogP contribution in [-0.4, -0.2) is 40.5 Å². The van der Waals surface area contributed by atoms with Gasteiger partial charge >= 0.3 is 0 Å². The van der Waals surface area contributed by atoms with Crippen molar-refractivity contribution in [2.45, 2.75) is 31.6 Å². The second-order valence-electron chi connectivity index (χ2n) is 7.95. The molecular formula is C20H16ClN9O. The van der Waals surface area contributed by atoms with E-state index in [0.717, 1.165) is 11.3 Å². The fraction of sp³-hybridized carbons (Fsp3) is 0.250. The molecule has 1 aliphatic rings. The first kappa shape index (κ1) is 19.1. The van der Waals surface area contributed by atoms with Crippen LogP contribution in [0.25, 0.3) is 11.5 Å². The first-order chi connectivity index (χ1) is 14.9. The van der Waals surface area contributed by atoms with Gasteiger partial charge in [-0.3, -0.25) is 4.79 Å². The minimum atomic E-state index is -0.428. The van der Waals surface area contributed by atoms with Crippen LogP contribution in [-0.2, 0) is 10.2 Å². The van der Waals surface area contributed by atoms with Crippen LogP contribution >= 0.6 is 11.6 Å². The summed E-state index contributed by atoms with van der Waals surface area (Å²) in [6.45, 7) is 4.10. The molecule has 0 saturated heterocycles. The number of aromatic nitrogens is 7. The van der Waals surface area contributed by atoms with E-state index < -0.39 is 5.92 Å². The number of rotatable bonds is 3. The van der Waals surface area contributed by atoms with Crippen molar-refractivity contribution in [2.75, 3.05) is 5.32 Å². The monoisotopic (exact) mass is 433 g/mol. The zero-order valence-corrected chi connectivity index (χ0v) is 17.4. The third-order valence-electron chi connectivity index (χ3n) is 5.37. The Balaban J connectivity index is 1.46. The van der Waals surface area contributed by atoms with Crippen molar-refractivity contribution in [1.82, 2.24) is 34.6 Å². The number of carbonyl (C=O) groups is 1. The summed E-state index contributed by atoms with van der Waals surface area (Å²) in [6.07, 6.45) is 6.84. The molecule has 0 radical (unpaired) electrons. The van der Waals surface area contributed by atoms with Gasteiger partial charge in [0.1, 0.15) is 6.07 Å². The van der Waals surface area contributed by atoms with Crippen LogP contribution in [0.3, 0.4) is 0 Å². The molecule has 0 saturated carbocycles. The van der Waals surface area contributed by atoms with Crippen molar-refractivity contribution >= 4 is 28.8 Å². The van der Waals surface area contributed by atoms with Gasteiger partial charge in [0, 0.05) is 23.2 Å². The number of carbonyl (C=O) groups excluding carboxylic acids is 1. The number of nitrogens with zero attached hydrogens (tertiary/aromatic N) is 8. The Morgan fingerprint density at radius 3 is 2.74 bits per heavy atom. The largest absolute Gasteiger partial charge is 0.324 e. The van der Waals surface area contributed by atoms with Crippen molar-refractivity contribution in [3.05, 3.63) is 58.9 Å². The number of hydrogen-bond acceptors (Lipinski definition) is 7. The fourth-order valence-electron chi connectivity index (χ4n) is 4.09. The summed E-state index contributed by atoms with van der Waals surface area (Å²) in [5.74, 6) is -0.248. The van der Waals surface area contributed by atoms with Gasteiger partial charge < -0.3 is 5.32 Å². The van der Waals surface area contributed by atoms with Crippen LogP contribution in [0.4, 0.5) is 5.69 Å². The van der Waals surface area contributed by atoms with Crippen molar-refractivity contribution in [3.63, 3.8) is 0 Å². The van der Waals surface area contributed by atoms with Crippen LogP contribution in [0.2, 0.25) is 5.02 Å². The van der Waals surface area contributed by atoms with E-state index >= 15 is 0 Å². The molecule has 0 bridgehead atoms. The Hall–Kier alpha value is -3.84. The normalized spacial score (nSPS) is 16.8. The number of amides is 1. The van der Waals surface area contributed by atoms with E-state index in [9.17, 15) is 10.1 Å². The van der Waals surface area contributed by atoms with E-state index in [1.807, 2.05) is 6.07 Å². The first-order valence-electron chi connectivity index (χ1n) is 9.50. The van der Waals surface area contributed by atoms with Gasteiger partial charge in [0.15, 0.2) is 17.2 Å². The van der Waals surface area contributed by atoms with Crippen molar-refractivity contribution in [3.8, 4) is 11.9 Å². The topological polar surface area (TPSA) is 127 Å². The predicted molar refractivity (Wildman–Crippen MR) is 111 cm³/mol. The summed E-state index contributed by atoms with van der Waals surface area (Å²) in [6, 6.07) is 5.28. The summed E-state index contributed by atoms with van der Waals surface area (Å²) < 4.78 is 1.67. The van der Waals surface area contributed by atoms with Crippen LogP contribution in [0, 0.1) is 11.3 Å². The lowest BCUT2D eigenvalue weighted by Crippen LogP contribution is -2.21. The maximum atomic E-state index is 13.2. The Morgan fingerprint density at radius 2 is 2.03 bits per heavy atom. The van der Waals surface area contributed by atoms with Gasteiger partial charge in [-0.15, -0.1) is 4.80 Å². The molecule has 1 atom stereocenters. The molecule has 4 aromatic heterocycles. The van der Waals surface area contributed by atoms with Crippen LogP contribution in [0.1, 0.15) is 43.1 Å². The number of halogens is 1. The number of anilines is 1. The summed E-state index contributed by atoms with van der Waals surface area (Å²) in [5.41, 5.74) is 2.69. The quantitative estimate of drug-likeness (QED) is 0.526. The van der Waals surface area contributed by atoms with Gasteiger partial charge in [-0.25, -0.2) is 14.5 Å². The molecule has 1 unspecified atom stereocenters. The lowest BCUT2D eigenvalue weighted by molar-refractivity contribution is -0.117. The average molecular weight is 434 g/mol. The Labute approximate surface area is 181 Å². The first-order valence-corrected chi connectivity index (χ1v) is 9.87. The zero-order valence-electron chi connectivity index (χ0n) is 16.6. The number of hydrogen-bond donors (Lipinski definition) is 1. The highest BCUT2D eigenvalue weighted by Crippen LogP contribution is 2.45. The molecule has 1 N–H and O–H groups in total. The fourth-order valence-corrected chi connectivity index (χ4v) is 4.33. The molecule has 154 valence electrons. The standard InChI is InChI=1S/C20H16ClN9O/c1-20(2)7-13(14-10-23-16-6-11(8-22)28-29(16)17(14)20)19(31)27-12-5-15(21)18(24-9-12)30-25-3-4-26-30/h3-6,9-10,13H,7H2,1-2H3,(H,27,31). The third-order valence-corrected chi connectivity index (χ3v) is 5.65. The SMILES string of the molecule is CC1(C)CC(C(=O)Nc2cnc(-n3nccn3)c(Cl)c2)c2cnc3cc(C#N)nn3c21. The van der Waals surface area contributed by atoms with Crippen LogP contribution in [0.5, 0.6) is 0 Å². The van der Waals surface area contributed by atoms with E-state index in [-0.39, 0.29) is 17.0 Å². The van der Waals surface area contributed by atoms with Crippen LogP contribution < -0.4 is 5.32 Å². The molecule has 4 heterocycles. The van der Waals surface area contributed by atoms with E-state index in [4.69, 9.17) is 11.6 Å². The van der Waals surface area contributed by atoms with E-state index in [1.165, 1.54) is 23.4 Å². The lowest BCUT2D eigenvalue weighted by Gasteiger charge is -2.19. The maximum Gasteiger partial charge on any atom is 0.232 e. The molecule has 10 nitrogen and oxygen atoms in total. The molecule has 11 heteroatoms. The average Bonchev–Trinajstić information content (AvgIpc) is 3.45. The smallest absolute Gasteiger partial charge is 0.232 e. The van der Waals surface area contributed by atoms with Gasteiger partial charge in [-0.05, 0) is 12.5 Å². The van der Waals surface area contributed by atoms with Gasteiger partial charge in [0.25, 0.3) is 0 Å². The number of nitrogens with one attached hydrogen (secondary N) is 1. The highest BCUT2D eigenvalue weighted by atomic mass is 35.5. The van der Waals surface area contributed by atoms with E-state index in [0.29, 0.717) is 28.6 Å². The lowest BCUT2D eigenvalue weighted by atomic mass is 9.88. The minimum Gasteiger partial charge on any atom is -0.324 e. The van der Waals surface area contributed by atoms with Gasteiger partial charge in [-0.1, -0.05) is 25.4 Å². The maximum absolute atomic E-state index is 13.2. The highest BCUT2D eigenvalue weighted by Gasteiger charge is 2.43. The number of nitriles is 1. The van der Waals surface area contributed by atoms with Crippen LogP contribution in [0.15, 0.2) is 36.9 Å². The second-order valence-corrected chi connectivity index (χ2v) is 8.36. The molecule has 4 aromatic rings. The predicted octanol–water partition coefficient (Wildman–Crippen LogP) is 2.63. The summed E-state index contributed by atoms with van der Waals surface area (Å²) >= 11 is 6.31. The third kappa shape index (κ3) is 3.10. The zero-order chi connectivity index (χ0) is 21.8. The van der Waals surface area contributed by atoms with Crippen molar-refractivity contribution in [2.24, 2.45) is 0 Å². The van der Waals surface area contributed by atoms with Gasteiger partial charge in [0.2, 0.25) is 5.91 Å².